The van der Waals surface area contributed by atoms with Gasteiger partial charge in [-0.3, -0.25) is 4.79 Å². The lowest BCUT2D eigenvalue weighted by atomic mass is 9.99. The number of carbonyl (C=O) groups excluding carboxylic acids is 1. The molecule has 0 bridgehead atoms. The van der Waals surface area contributed by atoms with Gasteiger partial charge in [0.15, 0.2) is 6.29 Å². The monoisotopic (exact) mass is 763 g/mol. The average Bonchev–Trinajstić information content (AvgIpc) is 3.17. The molecular weight excluding hydrogens is 684 g/mol. The summed E-state index contributed by atoms with van der Waals surface area (Å²) in [6.07, 6.45) is 38.2. The topological polar surface area (TPSA) is 135 Å². The quantitative estimate of drug-likeness (QED) is 0.0283. The fraction of sp³-hybridized carbons (Fsp3) is 0.756. The number of esters is 1. The number of aliphatic hydroxyl groups is 4. The Bertz CT molecular complexity index is 1010. The maximum atomic E-state index is 12.7. The molecule has 1 aliphatic rings. The summed E-state index contributed by atoms with van der Waals surface area (Å²) in [7, 11) is 0. The van der Waals surface area contributed by atoms with E-state index < -0.39 is 43.4 Å². The number of aliphatic hydroxyl groups excluding tert-OH is 4. The van der Waals surface area contributed by atoms with Gasteiger partial charge in [-0.15, -0.1) is 0 Å². The predicted octanol–water partition coefficient (Wildman–Crippen LogP) is 9.13. The molecule has 0 aromatic carbocycles. The second kappa shape index (κ2) is 36.5. The van der Waals surface area contributed by atoms with E-state index in [1.807, 2.05) is 0 Å². The van der Waals surface area contributed by atoms with Crippen LogP contribution < -0.4 is 0 Å². The molecule has 1 heterocycles. The van der Waals surface area contributed by atoms with Crippen molar-refractivity contribution in [2.24, 2.45) is 0 Å². The van der Waals surface area contributed by atoms with Crippen LogP contribution in [0.4, 0.5) is 0 Å². The van der Waals surface area contributed by atoms with Gasteiger partial charge in [-0.1, -0.05) is 132 Å². The number of rotatable bonds is 35. The third kappa shape index (κ3) is 27.5. The summed E-state index contributed by atoms with van der Waals surface area (Å²) in [5.74, 6) is -0.347. The van der Waals surface area contributed by atoms with Crippen LogP contribution in [0.3, 0.4) is 0 Å². The van der Waals surface area contributed by atoms with E-state index in [9.17, 15) is 25.2 Å². The van der Waals surface area contributed by atoms with Crippen LogP contribution in [0.5, 0.6) is 0 Å². The third-order valence-corrected chi connectivity index (χ3v) is 9.42. The van der Waals surface area contributed by atoms with Crippen LogP contribution in [-0.2, 0) is 23.7 Å². The fourth-order valence-corrected chi connectivity index (χ4v) is 6.06. The highest BCUT2D eigenvalue weighted by Gasteiger charge is 2.44. The van der Waals surface area contributed by atoms with Gasteiger partial charge in [0.1, 0.15) is 30.5 Å². The molecule has 1 saturated heterocycles. The molecule has 0 spiro atoms. The molecule has 4 N–H and O–H groups in total. The van der Waals surface area contributed by atoms with E-state index in [0.29, 0.717) is 13.0 Å². The zero-order valence-corrected chi connectivity index (χ0v) is 34.0. The summed E-state index contributed by atoms with van der Waals surface area (Å²) in [6, 6.07) is 0. The molecule has 1 aliphatic heterocycles. The summed E-state index contributed by atoms with van der Waals surface area (Å²) >= 11 is 0. The number of hydrogen-bond donors (Lipinski definition) is 4. The molecular formula is C45H78O9. The summed E-state index contributed by atoms with van der Waals surface area (Å²) in [4.78, 5) is 12.7. The molecule has 0 saturated carbocycles. The first kappa shape index (κ1) is 49.9. The van der Waals surface area contributed by atoms with Crippen LogP contribution in [-0.4, -0.2) is 89.6 Å². The standard InChI is InChI=1S/C45H78O9/c1-3-5-7-9-11-13-15-17-18-19-20-21-23-25-27-29-31-33-35-51-37-39(38-52-45-44(50)43(49)42(48)40(36-46)54-45)53-41(47)34-32-30-28-26-24-22-16-14-12-10-8-6-4-2/h6,8,11-14,17-18,22,24,39-40,42-46,48-50H,3-5,7,9-10,15-16,19-21,23,25-38H2,1-2H3/b8-6-,13-11-,14-12-,18-17-,24-22-. The minimum absolute atomic E-state index is 0.126. The minimum Gasteiger partial charge on any atom is -0.457 e. The largest absolute Gasteiger partial charge is 0.457 e. The second-order valence-corrected chi connectivity index (χ2v) is 14.4. The summed E-state index contributed by atoms with van der Waals surface area (Å²) in [5, 5.41) is 40.0. The van der Waals surface area contributed by atoms with Crippen molar-refractivity contribution >= 4 is 5.97 Å². The maximum absolute atomic E-state index is 12.7. The molecule has 1 fully saturated rings. The van der Waals surface area contributed by atoms with Crippen molar-refractivity contribution in [3.05, 3.63) is 60.8 Å². The van der Waals surface area contributed by atoms with Gasteiger partial charge >= 0.3 is 5.97 Å². The van der Waals surface area contributed by atoms with Crippen molar-refractivity contribution in [3.8, 4) is 0 Å². The van der Waals surface area contributed by atoms with Gasteiger partial charge in [0.05, 0.1) is 19.8 Å². The number of hydrogen-bond acceptors (Lipinski definition) is 9. The van der Waals surface area contributed by atoms with E-state index in [4.69, 9.17) is 18.9 Å². The van der Waals surface area contributed by atoms with Crippen molar-refractivity contribution < 1.29 is 44.2 Å². The molecule has 6 atom stereocenters. The number of ether oxygens (including phenoxy) is 4. The van der Waals surface area contributed by atoms with E-state index in [-0.39, 0.29) is 25.6 Å². The molecule has 0 aliphatic carbocycles. The third-order valence-electron chi connectivity index (χ3n) is 9.42. The Morgan fingerprint density at radius 3 is 1.70 bits per heavy atom. The van der Waals surface area contributed by atoms with Crippen molar-refractivity contribution in [2.45, 2.75) is 192 Å². The Balaban J connectivity index is 2.30. The Morgan fingerprint density at radius 1 is 0.611 bits per heavy atom. The molecule has 312 valence electrons. The van der Waals surface area contributed by atoms with Crippen molar-refractivity contribution in [1.82, 2.24) is 0 Å². The first-order chi connectivity index (χ1) is 26.4. The number of carbonyl (C=O) groups is 1. The number of allylic oxidation sites excluding steroid dienone is 10. The lowest BCUT2D eigenvalue weighted by molar-refractivity contribution is -0.305. The first-order valence-electron chi connectivity index (χ1n) is 21.4. The van der Waals surface area contributed by atoms with Crippen LogP contribution in [0.2, 0.25) is 0 Å². The van der Waals surface area contributed by atoms with E-state index in [1.165, 1.54) is 64.2 Å². The Kier molecular flexibility index (Phi) is 33.8. The molecule has 54 heavy (non-hydrogen) atoms. The van der Waals surface area contributed by atoms with Gasteiger partial charge in [-0.05, 0) is 77.0 Å². The molecule has 9 heteroatoms. The molecule has 1 rings (SSSR count). The molecule has 9 nitrogen and oxygen atoms in total. The highest BCUT2D eigenvalue weighted by Crippen LogP contribution is 2.22. The maximum Gasteiger partial charge on any atom is 0.306 e. The van der Waals surface area contributed by atoms with Gasteiger partial charge < -0.3 is 39.4 Å². The van der Waals surface area contributed by atoms with Crippen LogP contribution in [0.15, 0.2) is 60.8 Å². The van der Waals surface area contributed by atoms with Gasteiger partial charge in [0, 0.05) is 13.0 Å². The highest BCUT2D eigenvalue weighted by molar-refractivity contribution is 5.69. The highest BCUT2D eigenvalue weighted by atomic mass is 16.7. The zero-order chi connectivity index (χ0) is 39.3. The van der Waals surface area contributed by atoms with E-state index in [1.54, 1.807) is 0 Å². The average molecular weight is 763 g/mol. The molecule has 6 unspecified atom stereocenters. The SMILES string of the molecule is CC/C=C\C/C=C\C/C=C\CCCCCC(=O)OC(COCCCCCCCCCC/C=C\C/C=C\CCCCC)COC1OC(CO)C(O)C(O)C1O. The fourth-order valence-electron chi connectivity index (χ4n) is 6.06. The van der Waals surface area contributed by atoms with Crippen molar-refractivity contribution in [2.75, 3.05) is 26.4 Å². The Morgan fingerprint density at radius 2 is 1.13 bits per heavy atom. The number of unbranched alkanes of at least 4 members (excludes halogenated alkanes) is 14. The van der Waals surface area contributed by atoms with Crippen LogP contribution in [0.1, 0.15) is 155 Å². The van der Waals surface area contributed by atoms with E-state index in [2.05, 4.69) is 74.6 Å². The lowest BCUT2D eigenvalue weighted by Gasteiger charge is -2.39. The lowest BCUT2D eigenvalue weighted by Crippen LogP contribution is -2.59. The van der Waals surface area contributed by atoms with Gasteiger partial charge in [-0.25, -0.2) is 0 Å². The minimum atomic E-state index is -1.54. The normalized spacial score (nSPS) is 21.5. The molecule has 0 aromatic heterocycles. The van der Waals surface area contributed by atoms with Crippen LogP contribution in [0, 0.1) is 0 Å². The summed E-state index contributed by atoms with van der Waals surface area (Å²) in [6.45, 7) is 4.35. The van der Waals surface area contributed by atoms with Gasteiger partial charge in [0.25, 0.3) is 0 Å². The predicted molar refractivity (Wildman–Crippen MR) is 219 cm³/mol. The van der Waals surface area contributed by atoms with Crippen LogP contribution >= 0.6 is 0 Å². The van der Waals surface area contributed by atoms with Gasteiger partial charge in [-0.2, -0.15) is 0 Å². The first-order valence-corrected chi connectivity index (χ1v) is 21.4. The summed E-state index contributed by atoms with van der Waals surface area (Å²) < 4.78 is 22.7. The zero-order valence-electron chi connectivity index (χ0n) is 34.0. The van der Waals surface area contributed by atoms with E-state index >= 15 is 0 Å². The molecule has 0 aromatic rings. The van der Waals surface area contributed by atoms with Gasteiger partial charge in [0.2, 0.25) is 0 Å². The second-order valence-electron chi connectivity index (χ2n) is 14.4. The molecule has 0 radical (unpaired) electrons. The summed E-state index contributed by atoms with van der Waals surface area (Å²) in [5.41, 5.74) is 0. The Labute approximate surface area is 328 Å². The van der Waals surface area contributed by atoms with E-state index in [0.717, 1.165) is 64.2 Å². The molecule has 0 amide bonds. The van der Waals surface area contributed by atoms with Crippen LogP contribution in [0.25, 0.3) is 0 Å². The van der Waals surface area contributed by atoms with Crippen molar-refractivity contribution in [1.29, 1.82) is 0 Å². The van der Waals surface area contributed by atoms with Crippen molar-refractivity contribution in [3.63, 3.8) is 0 Å². The Hall–Kier alpha value is -2.11. The smallest absolute Gasteiger partial charge is 0.306 e.